The first-order chi connectivity index (χ1) is 13.0. The maximum atomic E-state index is 12.1. The number of benzene rings is 1. The van der Waals surface area contributed by atoms with Crippen LogP contribution >= 0.6 is 0 Å². The number of amides is 1. The number of carbonyl (C=O) groups excluding carboxylic acids is 1. The van der Waals surface area contributed by atoms with Gasteiger partial charge in [0.25, 0.3) is 5.91 Å². The Morgan fingerprint density at radius 2 is 1.81 bits per heavy atom. The number of rotatable bonds is 11. The molecule has 0 saturated carbocycles. The normalized spacial score (nSPS) is 10.9. The zero-order chi connectivity index (χ0) is 20.1. The fourth-order valence-electron chi connectivity index (χ4n) is 2.14. The number of hydrogen-bond donors (Lipinski definition) is 3. The highest BCUT2D eigenvalue weighted by Gasteiger charge is 2.15. The van der Waals surface area contributed by atoms with Crippen LogP contribution in [0.25, 0.3) is 0 Å². The van der Waals surface area contributed by atoms with Crippen molar-refractivity contribution in [1.82, 2.24) is 0 Å². The Bertz CT molecular complexity index is 754. The van der Waals surface area contributed by atoms with Gasteiger partial charge in [-0.25, -0.2) is 0 Å². The van der Waals surface area contributed by atoms with Gasteiger partial charge >= 0.3 is 5.97 Å². The first-order valence-corrected chi connectivity index (χ1v) is 8.49. The molecule has 7 nitrogen and oxygen atoms in total. The molecule has 0 aromatic heterocycles. The maximum absolute atomic E-state index is 12.1. The summed E-state index contributed by atoms with van der Waals surface area (Å²) in [6.45, 7) is 0.468. The van der Waals surface area contributed by atoms with E-state index in [1.807, 2.05) is 0 Å². The summed E-state index contributed by atoms with van der Waals surface area (Å²) in [4.78, 5) is 22.5. The van der Waals surface area contributed by atoms with E-state index < -0.39 is 11.9 Å². The number of hydrogen-bond acceptors (Lipinski definition) is 5. The summed E-state index contributed by atoms with van der Waals surface area (Å²) < 4.78 is 5.54. The van der Waals surface area contributed by atoms with Crippen molar-refractivity contribution in [3.05, 3.63) is 35.6 Å². The van der Waals surface area contributed by atoms with Gasteiger partial charge in [-0.15, -0.1) is 12.3 Å². The van der Waals surface area contributed by atoms with Gasteiger partial charge in [-0.05, 0) is 43.5 Å². The molecule has 0 aliphatic carbocycles. The number of aliphatic hydroxyl groups excluding tert-OH is 1. The topological polar surface area (TPSA) is 120 Å². The number of aliphatic carboxylic acids is 1. The van der Waals surface area contributed by atoms with Crippen LogP contribution in [0, 0.1) is 23.7 Å². The lowest BCUT2D eigenvalue weighted by atomic mass is 10.1. The molecular weight excluding hydrogens is 348 g/mol. The Balaban J connectivity index is 2.49. The zero-order valence-corrected chi connectivity index (χ0v) is 14.9. The summed E-state index contributed by atoms with van der Waals surface area (Å²) in [6, 6.07) is 8.25. The van der Waals surface area contributed by atoms with Crippen LogP contribution in [0.2, 0.25) is 0 Å². The second-order valence-corrected chi connectivity index (χ2v) is 5.67. The van der Waals surface area contributed by atoms with E-state index in [9.17, 15) is 14.7 Å². The van der Waals surface area contributed by atoms with Gasteiger partial charge in [0.15, 0.2) is 5.57 Å². The largest absolute Gasteiger partial charge is 0.511 e. The zero-order valence-electron chi connectivity index (χ0n) is 14.9. The lowest BCUT2D eigenvalue weighted by Gasteiger charge is -2.08. The summed E-state index contributed by atoms with van der Waals surface area (Å²) in [5.74, 6) is 1.10. The third-order valence-corrected chi connectivity index (χ3v) is 3.55. The van der Waals surface area contributed by atoms with E-state index in [4.69, 9.17) is 21.5 Å². The second-order valence-electron chi connectivity index (χ2n) is 5.67. The molecule has 1 aromatic rings. The lowest BCUT2D eigenvalue weighted by Crippen LogP contribution is -2.15. The van der Waals surface area contributed by atoms with Gasteiger partial charge in [0, 0.05) is 24.9 Å². The minimum atomic E-state index is -0.799. The monoisotopic (exact) mass is 370 g/mol. The number of nitrogens with one attached hydrogen (secondary N) is 1. The van der Waals surface area contributed by atoms with Crippen LogP contribution < -0.4 is 10.1 Å². The molecule has 27 heavy (non-hydrogen) atoms. The first kappa shape index (κ1) is 21.6. The van der Waals surface area contributed by atoms with Crippen molar-refractivity contribution in [2.75, 3.05) is 11.9 Å². The van der Waals surface area contributed by atoms with Crippen molar-refractivity contribution in [3.8, 4) is 24.2 Å². The first-order valence-electron chi connectivity index (χ1n) is 8.49. The van der Waals surface area contributed by atoms with Crippen molar-refractivity contribution in [3.63, 3.8) is 0 Å². The van der Waals surface area contributed by atoms with Crippen LogP contribution in [0.3, 0.4) is 0 Å². The molecule has 0 fully saturated rings. The Kier molecular flexibility index (Phi) is 9.59. The molecular formula is C20H22N2O5. The molecule has 3 N–H and O–H groups in total. The number of terminal acetylenes is 1. The van der Waals surface area contributed by atoms with Crippen molar-refractivity contribution in [2.45, 2.75) is 38.5 Å². The quantitative estimate of drug-likeness (QED) is 0.181. The third-order valence-electron chi connectivity index (χ3n) is 3.55. The van der Waals surface area contributed by atoms with Gasteiger partial charge in [0.05, 0.1) is 6.61 Å². The summed E-state index contributed by atoms with van der Waals surface area (Å²) in [5.41, 5.74) is 0.0817. The number of carboxylic acids is 1. The molecule has 0 saturated heterocycles. The average Bonchev–Trinajstić information content (AvgIpc) is 2.64. The Morgan fingerprint density at radius 3 is 2.41 bits per heavy atom. The number of unbranched alkanes of at least 4 members (excludes halogenated alkanes) is 2. The number of allylic oxidation sites excluding steroid dienone is 1. The Hall–Kier alpha value is -3.45. The summed E-state index contributed by atoms with van der Waals surface area (Å²) >= 11 is 0. The van der Waals surface area contributed by atoms with E-state index in [1.165, 1.54) is 0 Å². The predicted octanol–water partition coefficient (Wildman–Crippen LogP) is 3.40. The smallest absolute Gasteiger partial charge is 0.303 e. The molecule has 0 aliphatic rings. The molecule has 1 rings (SSSR count). The van der Waals surface area contributed by atoms with Crippen molar-refractivity contribution < 1.29 is 24.5 Å². The van der Waals surface area contributed by atoms with E-state index in [1.54, 1.807) is 30.3 Å². The van der Waals surface area contributed by atoms with E-state index in [-0.39, 0.29) is 30.6 Å². The van der Waals surface area contributed by atoms with Crippen LogP contribution in [-0.2, 0) is 9.59 Å². The number of carbonyl (C=O) groups is 2. The molecule has 0 bridgehead atoms. The van der Waals surface area contributed by atoms with Crippen molar-refractivity contribution in [2.24, 2.45) is 0 Å². The number of carboxylic acid groups (broad SMARTS) is 1. The van der Waals surface area contributed by atoms with E-state index in [0.29, 0.717) is 24.5 Å². The minimum absolute atomic E-state index is 0.0616. The number of nitrogens with zero attached hydrogens (tertiary/aromatic N) is 1. The highest BCUT2D eigenvalue weighted by atomic mass is 16.5. The average molecular weight is 370 g/mol. The summed E-state index contributed by atoms with van der Waals surface area (Å²) in [5, 5.41) is 29.9. The second kappa shape index (κ2) is 12.0. The molecule has 0 spiro atoms. The van der Waals surface area contributed by atoms with Crippen molar-refractivity contribution >= 4 is 17.6 Å². The molecule has 0 heterocycles. The predicted molar refractivity (Wildman–Crippen MR) is 100 cm³/mol. The van der Waals surface area contributed by atoms with E-state index >= 15 is 0 Å². The molecule has 7 heteroatoms. The van der Waals surface area contributed by atoms with Gasteiger partial charge in [-0.3, -0.25) is 9.59 Å². The molecule has 142 valence electrons. The van der Waals surface area contributed by atoms with Gasteiger partial charge in [0.1, 0.15) is 17.6 Å². The van der Waals surface area contributed by atoms with Crippen LogP contribution in [0.1, 0.15) is 38.5 Å². The van der Waals surface area contributed by atoms with Crippen LogP contribution in [0.5, 0.6) is 5.75 Å². The molecule has 0 radical (unpaired) electrons. The van der Waals surface area contributed by atoms with Crippen LogP contribution in [0.15, 0.2) is 35.6 Å². The number of ether oxygens (including phenoxy) is 1. The van der Waals surface area contributed by atoms with E-state index in [0.717, 1.165) is 12.8 Å². The van der Waals surface area contributed by atoms with E-state index in [2.05, 4.69) is 11.2 Å². The highest BCUT2D eigenvalue weighted by molar-refractivity contribution is 6.06. The standard InChI is InChI=1S/C20H22N2O5/c1-2-3-7-18(23)17(14-21)20(26)22-15-9-11-16(12-10-15)27-13-6-4-5-8-19(24)25/h1,9-12,23H,3-8,13H2,(H,22,26)(H,24,25)/b18-17+. The fourth-order valence-corrected chi connectivity index (χ4v) is 2.14. The van der Waals surface area contributed by atoms with Gasteiger partial charge < -0.3 is 20.3 Å². The fraction of sp³-hybridized carbons (Fsp3) is 0.350. The van der Waals surface area contributed by atoms with Gasteiger partial charge in [0.2, 0.25) is 0 Å². The SMILES string of the molecule is C#CCC/C(O)=C(/C#N)C(=O)Nc1ccc(OCCCCCC(=O)O)cc1. The number of aliphatic hydroxyl groups is 1. The number of anilines is 1. The van der Waals surface area contributed by atoms with Gasteiger partial charge in [-0.2, -0.15) is 5.26 Å². The number of nitriles is 1. The van der Waals surface area contributed by atoms with Crippen molar-refractivity contribution in [1.29, 1.82) is 5.26 Å². The lowest BCUT2D eigenvalue weighted by molar-refractivity contribution is -0.137. The summed E-state index contributed by atoms with van der Waals surface area (Å²) in [7, 11) is 0. The van der Waals surface area contributed by atoms with Gasteiger partial charge in [-0.1, -0.05) is 0 Å². The van der Waals surface area contributed by atoms with Crippen LogP contribution in [-0.4, -0.2) is 28.7 Å². The molecule has 0 unspecified atom stereocenters. The summed E-state index contributed by atoms with van der Waals surface area (Å²) in [6.07, 6.45) is 7.69. The Labute approximate surface area is 158 Å². The molecule has 1 aromatic carbocycles. The third kappa shape index (κ3) is 8.46. The Morgan fingerprint density at radius 1 is 1.11 bits per heavy atom. The van der Waals surface area contributed by atoms with Crippen LogP contribution in [0.4, 0.5) is 5.69 Å². The molecule has 1 amide bonds. The maximum Gasteiger partial charge on any atom is 0.303 e. The molecule has 0 atom stereocenters. The minimum Gasteiger partial charge on any atom is -0.511 e. The highest BCUT2D eigenvalue weighted by Crippen LogP contribution is 2.18. The molecule has 0 aliphatic heterocycles.